The molecular formula is C27H28ClF3N6O3S. The number of anilines is 3. The molecule has 3 aromatic rings. The Morgan fingerprint density at radius 2 is 1.68 bits per heavy atom. The summed E-state index contributed by atoms with van der Waals surface area (Å²) in [5.41, 5.74) is 6.89. The Morgan fingerprint density at radius 3 is 2.32 bits per heavy atom. The van der Waals surface area contributed by atoms with Crippen LogP contribution in [0.5, 0.6) is 0 Å². The van der Waals surface area contributed by atoms with Crippen molar-refractivity contribution in [3.8, 4) is 0 Å². The first-order chi connectivity index (χ1) is 19.4. The molecule has 2 fully saturated rings. The number of amides is 1. The van der Waals surface area contributed by atoms with Crippen LogP contribution in [0.3, 0.4) is 0 Å². The number of halogens is 4. The quantitative estimate of drug-likeness (QED) is 0.406. The summed E-state index contributed by atoms with van der Waals surface area (Å²) < 4.78 is 67.2. The first-order valence-corrected chi connectivity index (χ1v) is 14.7. The Kier molecular flexibility index (Phi) is 8.15. The zero-order valence-electron chi connectivity index (χ0n) is 21.8. The number of piperazine rings is 1. The molecule has 41 heavy (non-hydrogen) atoms. The minimum absolute atomic E-state index is 0.0384. The third-order valence-electron chi connectivity index (χ3n) is 7.12. The van der Waals surface area contributed by atoms with Crippen LogP contribution in [-0.2, 0) is 16.2 Å². The van der Waals surface area contributed by atoms with Gasteiger partial charge in [-0.15, -0.1) is 0 Å². The molecule has 9 nitrogen and oxygen atoms in total. The summed E-state index contributed by atoms with van der Waals surface area (Å²) in [6.45, 7) is 1.93. The number of benzene rings is 2. The monoisotopic (exact) mass is 608 g/mol. The first-order valence-electron chi connectivity index (χ1n) is 12.9. The Hall–Kier alpha value is -3.39. The molecule has 5 rings (SSSR count). The predicted molar refractivity (Wildman–Crippen MR) is 151 cm³/mol. The van der Waals surface area contributed by atoms with Gasteiger partial charge in [0.2, 0.25) is 10.0 Å². The van der Waals surface area contributed by atoms with Crippen LogP contribution in [0.1, 0.15) is 22.3 Å². The highest BCUT2D eigenvalue weighted by atomic mass is 35.5. The second kappa shape index (κ2) is 11.5. The van der Waals surface area contributed by atoms with Gasteiger partial charge in [-0.3, -0.25) is 4.79 Å². The topological polar surface area (TPSA) is 112 Å². The molecule has 0 saturated carbocycles. The molecule has 1 atom stereocenters. The van der Waals surface area contributed by atoms with E-state index in [9.17, 15) is 26.4 Å². The lowest BCUT2D eigenvalue weighted by atomic mass is 10.1. The SMILES string of the molecule is N[C@@H]1CCN(c2cccc(C(=O)Nc3ccc(S(=O)(=O)N4CCN(c5cc(C(F)(F)F)cc(Cl)n5)CC4)cc3)c2)C1. The number of sulfonamides is 1. The minimum atomic E-state index is -4.58. The van der Waals surface area contributed by atoms with Crippen molar-refractivity contribution in [3.05, 3.63) is 76.9 Å². The number of pyridine rings is 1. The first kappa shape index (κ1) is 29.1. The van der Waals surface area contributed by atoms with Gasteiger partial charge < -0.3 is 20.9 Å². The summed E-state index contributed by atoms with van der Waals surface area (Å²) in [5, 5.41) is 2.50. The number of nitrogens with zero attached hydrogens (tertiary/aromatic N) is 4. The average Bonchev–Trinajstić information content (AvgIpc) is 3.39. The average molecular weight is 609 g/mol. The highest BCUT2D eigenvalue weighted by Crippen LogP contribution is 2.33. The van der Waals surface area contributed by atoms with Gasteiger partial charge in [0, 0.05) is 62.2 Å². The van der Waals surface area contributed by atoms with Crippen LogP contribution < -0.4 is 20.9 Å². The van der Waals surface area contributed by atoms with E-state index in [-0.39, 0.29) is 54.0 Å². The Balaban J connectivity index is 1.21. The number of nitrogens with one attached hydrogen (secondary N) is 1. The van der Waals surface area contributed by atoms with E-state index in [1.807, 2.05) is 6.07 Å². The molecule has 14 heteroatoms. The van der Waals surface area contributed by atoms with E-state index in [4.69, 9.17) is 17.3 Å². The maximum atomic E-state index is 13.2. The number of nitrogens with two attached hydrogens (primary N) is 1. The smallest absolute Gasteiger partial charge is 0.370 e. The minimum Gasteiger partial charge on any atom is -0.370 e. The molecule has 0 bridgehead atoms. The van der Waals surface area contributed by atoms with Gasteiger partial charge >= 0.3 is 6.18 Å². The molecule has 0 spiro atoms. The van der Waals surface area contributed by atoms with Gasteiger partial charge in [-0.2, -0.15) is 17.5 Å². The lowest BCUT2D eigenvalue weighted by molar-refractivity contribution is -0.137. The molecule has 2 aliphatic rings. The van der Waals surface area contributed by atoms with Crippen LogP contribution in [0.25, 0.3) is 0 Å². The van der Waals surface area contributed by atoms with Gasteiger partial charge in [0.1, 0.15) is 11.0 Å². The van der Waals surface area contributed by atoms with Crippen molar-refractivity contribution in [1.82, 2.24) is 9.29 Å². The molecule has 0 radical (unpaired) electrons. The molecule has 2 saturated heterocycles. The van der Waals surface area contributed by atoms with Crippen LogP contribution in [0.15, 0.2) is 65.6 Å². The van der Waals surface area contributed by atoms with E-state index in [1.165, 1.54) is 28.6 Å². The van der Waals surface area contributed by atoms with E-state index >= 15 is 0 Å². The van der Waals surface area contributed by atoms with E-state index in [0.29, 0.717) is 11.3 Å². The van der Waals surface area contributed by atoms with Gasteiger partial charge in [0.25, 0.3) is 5.91 Å². The van der Waals surface area contributed by atoms with Crippen molar-refractivity contribution in [3.63, 3.8) is 0 Å². The Morgan fingerprint density at radius 1 is 0.976 bits per heavy atom. The highest BCUT2D eigenvalue weighted by Gasteiger charge is 2.34. The van der Waals surface area contributed by atoms with Crippen molar-refractivity contribution in [1.29, 1.82) is 0 Å². The Bertz CT molecular complexity index is 1530. The summed E-state index contributed by atoms with van der Waals surface area (Å²) >= 11 is 5.80. The van der Waals surface area contributed by atoms with Crippen LogP contribution in [0.2, 0.25) is 5.15 Å². The van der Waals surface area contributed by atoms with E-state index in [1.54, 1.807) is 23.1 Å². The standard InChI is InChI=1S/C27H28ClF3N6O3S/c28-24-15-19(27(29,30)31)16-25(34-24)35-10-12-37(13-11-35)41(39,40)23-6-4-21(5-7-23)33-26(38)18-2-1-3-22(14-18)36-9-8-20(32)17-36/h1-7,14-16,20H,8-13,17,32H2,(H,33,38)/t20-/m1/s1. The lowest BCUT2D eigenvalue weighted by Gasteiger charge is -2.35. The third-order valence-corrected chi connectivity index (χ3v) is 9.23. The number of carbonyl (C=O) groups excluding carboxylic acids is 1. The number of aromatic nitrogens is 1. The molecular weight excluding hydrogens is 581 g/mol. The normalized spacial score (nSPS) is 18.5. The zero-order chi connectivity index (χ0) is 29.4. The van der Waals surface area contributed by atoms with Gasteiger partial charge in [0.05, 0.1) is 10.5 Å². The van der Waals surface area contributed by atoms with Crippen LogP contribution in [0.4, 0.5) is 30.4 Å². The summed E-state index contributed by atoms with van der Waals surface area (Å²) in [6, 6.07) is 14.9. The molecule has 3 N–H and O–H groups in total. The molecule has 0 unspecified atom stereocenters. The summed E-state index contributed by atoms with van der Waals surface area (Å²) in [6.07, 6.45) is -3.69. The van der Waals surface area contributed by atoms with Crippen molar-refractivity contribution in [2.24, 2.45) is 5.73 Å². The fourth-order valence-electron chi connectivity index (χ4n) is 4.89. The summed E-state index contributed by atoms with van der Waals surface area (Å²) in [7, 11) is -3.87. The second-order valence-corrected chi connectivity index (χ2v) is 12.3. The fourth-order valence-corrected chi connectivity index (χ4v) is 6.52. The van der Waals surface area contributed by atoms with Crippen LogP contribution in [0, 0.1) is 0 Å². The third kappa shape index (κ3) is 6.58. The van der Waals surface area contributed by atoms with Gasteiger partial charge in [-0.25, -0.2) is 13.4 Å². The maximum Gasteiger partial charge on any atom is 0.416 e. The van der Waals surface area contributed by atoms with Crippen LogP contribution >= 0.6 is 11.6 Å². The van der Waals surface area contributed by atoms with Crippen molar-refractivity contribution in [2.75, 3.05) is 54.4 Å². The molecule has 1 aromatic heterocycles. The zero-order valence-corrected chi connectivity index (χ0v) is 23.4. The van der Waals surface area contributed by atoms with E-state index < -0.39 is 21.8 Å². The molecule has 218 valence electrons. The molecule has 2 aliphatic heterocycles. The number of carbonyl (C=O) groups is 1. The molecule has 0 aliphatic carbocycles. The van der Waals surface area contributed by atoms with Gasteiger partial charge in [0.15, 0.2) is 0 Å². The van der Waals surface area contributed by atoms with Crippen LogP contribution in [-0.4, -0.2) is 68.9 Å². The molecule has 2 aromatic carbocycles. The number of hydrogen-bond donors (Lipinski definition) is 2. The summed E-state index contributed by atoms with van der Waals surface area (Å²) in [4.78, 5) is 20.6. The van der Waals surface area contributed by atoms with E-state index in [2.05, 4.69) is 15.2 Å². The largest absolute Gasteiger partial charge is 0.416 e. The van der Waals surface area contributed by atoms with Crippen molar-refractivity contribution < 1.29 is 26.4 Å². The van der Waals surface area contributed by atoms with Crippen molar-refractivity contribution in [2.45, 2.75) is 23.5 Å². The number of rotatable bonds is 6. The fraction of sp³-hybridized carbons (Fsp3) is 0.333. The maximum absolute atomic E-state index is 13.2. The predicted octanol–water partition coefficient (Wildman–Crippen LogP) is 4.05. The van der Waals surface area contributed by atoms with Gasteiger partial charge in [-0.1, -0.05) is 17.7 Å². The van der Waals surface area contributed by atoms with Gasteiger partial charge in [-0.05, 0) is 61.0 Å². The van der Waals surface area contributed by atoms with Crippen molar-refractivity contribution >= 4 is 44.7 Å². The number of hydrogen-bond acceptors (Lipinski definition) is 7. The van der Waals surface area contributed by atoms with E-state index in [0.717, 1.165) is 37.3 Å². The second-order valence-electron chi connectivity index (χ2n) is 9.95. The molecule has 3 heterocycles. The Labute approximate surface area is 240 Å². The summed E-state index contributed by atoms with van der Waals surface area (Å²) in [5.74, 6) is -0.290. The number of alkyl halides is 3. The lowest BCUT2D eigenvalue weighted by Crippen LogP contribution is -2.49. The molecule has 1 amide bonds. The highest BCUT2D eigenvalue weighted by molar-refractivity contribution is 7.89.